The summed E-state index contributed by atoms with van der Waals surface area (Å²) >= 11 is 0. The molecule has 6 nitrogen and oxygen atoms in total. The Bertz CT molecular complexity index is 1010. The monoisotopic (exact) mass is 418 g/mol. The van der Waals surface area contributed by atoms with Crippen molar-refractivity contribution in [2.24, 2.45) is 0 Å². The number of fused-ring (bicyclic) bond motifs is 3. The molecule has 2 aliphatic rings. The normalized spacial score (nSPS) is 23.5. The van der Waals surface area contributed by atoms with Gasteiger partial charge in [-0.1, -0.05) is 18.2 Å². The van der Waals surface area contributed by atoms with E-state index in [4.69, 9.17) is 5.11 Å². The van der Waals surface area contributed by atoms with E-state index < -0.39 is 21.8 Å². The second kappa shape index (κ2) is 7.76. The molecule has 0 bridgehead atoms. The third-order valence-electron chi connectivity index (χ3n) is 5.87. The first-order valence-electron chi connectivity index (χ1n) is 9.70. The number of nitrogens with zero attached hydrogens (tertiary/aromatic N) is 1. The highest BCUT2D eigenvalue weighted by atomic mass is 32.2. The maximum atomic E-state index is 13.1. The zero-order valence-corrected chi connectivity index (χ0v) is 16.6. The molecule has 3 atom stereocenters. The molecule has 2 N–H and O–H groups in total. The zero-order chi connectivity index (χ0) is 20.6. The fourth-order valence-electron chi connectivity index (χ4n) is 4.61. The molecule has 0 spiro atoms. The molecule has 2 aromatic rings. The molecule has 4 rings (SSSR count). The van der Waals surface area contributed by atoms with E-state index >= 15 is 0 Å². The van der Waals surface area contributed by atoms with Crippen molar-refractivity contribution < 1.29 is 22.7 Å². The first-order chi connectivity index (χ1) is 13.8. The zero-order valence-electron chi connectivity index (χ0n) is 15.8. The Balaban J connectivity index is 1.52. The summed E-state index contributed by atoms with van der Waals surface area (Å²) in [6.45, 7) is 0.444. The molecule has 154 valence electrons. The summed E-state index contributed by atoms with van der Waals surface area (Å²) in [5, 5.41) is 9.09. The van der Waals surface area contributed by atoms with Gasteiger partial charge in [-0.05, 0) is 55.2 Å². The average Bonchev–Trinajstić information content (AvgIpc) is 2.99. The number of benzene rings is 2. The summed E-state index contributed by atoms with van der Waals surface area (Å²) in [6, 6.07) is 12.7. The molecule has 29 heavy (non-hydrogen) atoms. The number of carbonyl (C=O) groups is 1. The Morgan fingerprint density at radius 2 is 1.86 bits per heavy atom. The Morgan fingerprint density at radius 3 is 2.59 bits per heavy atom. The lowest BCUT2D eigenvalue weighted by Crippen LogP contribution is -2.45. The lowest BCUT2D eigenvalue weighted by Gasteiger charge is -2.37. The van der Waals surface area contributed by atoms with E-state index in [9.17, 15) is 17.6 Å². The molecular weight excluding hydrogens is 395 g/mol. The van der Waals surface area contributed by atoms with Crippen molar-refractivity contribution >= 4 is 21.7 Å². The molecule has 1 aliphatic carbocycles. The van der Waals surface area contributed by atoms with Crippen LogP contribution < -0.4 is 9.62 Å². The van der Waals surface area contributed by atoms with Gasteiger partial charge in [-0.2, -0.15) is 0 Å². The molecule has 1 aliphatic heterocycles. The molecule has 0 aromatic heterocycles. The number of sulfonamides is 1. The Kier molecular flexibility index (Phi) is 5.31. The van der Waals surface area contributed by atoms with Gasteiger partial charge < -0.3 is 10.0 Å². The minimum absolute atomic E-state index is 0.0518. The van der Waals surface area contributed by atoms with Crippen LogP contribution in [0.25, 0.3) is 0 Å². The largest absolute Gasteiger partial charge is 0.481 e. The van der Waals surface area contributed by atoms with Crippen molar-refractivity contribution in [1.82, 2.24) is 4.72 Å². The highest BCUT2D eigenvalue weighted by molar-refractivity contribution is 7.89. The number of para-hydroxylation sites is 1. The van der Waals surface area contributed by atoms with Crippen molar-refractivity contribution in [1.29, 1.82) is 0 Å². The van der Waals surface area contributed by atoms with Gasteiger partial charge >= 0.3 is 5.97 Å². The number of carboxylic acids is 1. The van der Waals surface area contributed by atoms with Crippen molar-refractivity contribution in [2.75, 3.05) is 11.4 Å². The van der Waals surface area contributed by atoms with Gasteiger partial charge in [0.25, 0.3) is 0 Å². The third-order valence-corrected chi connectivity index (χ3v) is 7.41. The van der Waals surface area contributed by atoms with Crippen molar-refractivity contribution in [2.45, 2.75) is 48.6 Å². The number of hydrogen-bond donors (Lipinski definition) is 2. The molecule has 1 heterocycles. The van der Waals surface area contributed by atoms with Crippen LogP contribution >= 0.6 is 0 Å². The Labute approximate surface area is 169 Å². The molecule has 0 saturated heterocycles. The van der Waals surface area contributed by atoms with Crippen molar-refractivity contribution in [3.63, 3.8) is 0 Å². The second-order valence-electron chi connectivity index (χ2n) is 7.65. The van der Waals surface area contributed by atoms with E-state index in [-0.39, 0.29) is 29.3 Å². The van der Waals surface area contributed by atoms with Crippen LogP contribution in [0.4, 0.5) is 10.1 Å². The number of aliphatic carboxylic acids is 1. The number of hydrogen-bond acceptors (Lipinski definition) is 4. The van der Waals surface area contributed by atoms with Gasteiger partial charge in [0.15, 0.2) is 0 Å². The summed E-state index contributed by atoms with van der Waals surface area (Å²) in [6.07, 6.45) is 2.15. The van der Waals surface area contributed by atoms with Crippen LogP contribution in [-0.4, -0.2) is 38.1 Å². The molecule has 0 radical (unpaired) electrons. The lowest BCUT2D eigenvalue weighted by molar-refractivity contribution is -0.136. The van der Waals surface area contributed by atoms with E-state index in [0.29, 0.717) is 19.4 Å². The quantitative estimate of drug-likeness (QED) is 0.753. The first-order valence-corrected chi connectivity index (χ1v) is 11.2. The SMILES string of the molecule is O=C(O)CCN1c2ccccc2C2CC(NS(=O)(=O)c3ccc(F)cc3)CCC21. The molecule has 1 fully saturated rings. The molecule has 0 amide bonds. The summed E-state index contributed by atoms with van der Waals surface area (Å²) in [7, 11) is -3.73. The number of rotatable bonds is 6. The van der Waals surface area contributed by atoms with Crippen LogP contribution in [0.1, 0.15) is 37.2 Å². The molecular formula is C21H23FN2O4S. The van der Waals surface area contributed by atoms with E-state index in [1.54, 1.807) is 0 Å². The van der Waals surface area contributed by atoms with E-state index in [1.165, 1.54) is 12.1 Å². The van der Waals surface area contributed by atoms with Gasteiger partial charge in [0, 0.05) is 30.2 Å². The van der Waals surface area contributed by atoms with Crippen LogP contribution in [-0.2, 0) is 14.8 Å². The number of carboxylic acid groups (broad SMARTS) is 1. The number of halogens is 1. The predicted molar refractivity (Wildman–Crippen MR) is 107 cm³/mol. The molecule has 3 unspecified atom stereocenters. The minimum atomic E-state index is -3.73. The van der Waals surface area contributed by atoms with Crippen LogP contribution in [0.15, 0.2) is 53.4 Å². The van der Waals surface area contributed by atoms with Gasteiger partial charge in [-0.15, -0.1) is 0 Å². The molecule has 1 saturated carbocycles. The van der Waals surface area contributed by atoms with Gasteiger partial charge in [0.1, 0.15) is 5.82 Å². The van der Waals surface area contributed by atoms with E-state index in [0.717, 1.165) is 29.8 Å². The highest BCUT2D eigenvalue weighted by Gasteiger charge is 2.42. The van der Waals surface area contributed by atoms with Crippen LogP contribution in [0, 0.1) is 5.82 Å². The van der Waals surface area contributed by atoms with E-state index in [2.05, 4.69) is 9.62 Å². The van der Waals surface area contributed by atoms with Crippen molar-refractivity contribution in [3.05, 3.63) is 59.9 Å². The van der Waals surface area contributed by atoms with Crippen LogP contribution in [0.3, 0.4) is 0 Å². The number of nitrogens with one attached hydrogen (secondary N) is 1. The van der Waals surface area contributed by atoms with Gasteiger partial charge in [-0.25, -0.2) is 17.5 Å². The maximum absolute atomic E-state index is 13.1. The minimum Gasteiger partial charge on any atom is -0.481 e. The topological polar surface area (TPSA) is 86.7 Å². The summed E-state index contributed by atoms with van der Waals surface area (Å²) in [4.78, 5) is 13.3. The fourth-order valence-corrected chi connectivity index (χ4v) is 5.90. The van der Waals surface area contributed by atoms with Gasteiger partial charge in [0.2, 0.25) is 10.0 Å². The lowest BCUT2D eigenvalue weighted by atomic mass is 9.80. The van der Waals surface area contributed by atoms with Crippen LogP contribution in [0.2, 0.25) is 0 Å². The number of anilines is 1. The predicted octanol–water partition coefficient (Wildman–Crippen LogP) is 3.10. The van der Waals surface area contributed by atoms with Gasteiger partial charge in [0.05, 0.1) is 11.3 Å². The highest BCUT2D eigenvalue weighted by Crippen LogP contribution is 2.47. The smallest absolute Gasteiger partial charge is 0.305 e. The first kappa shape index (κ1) is 19.8. The third kappa shape index (κ3) is 4.00. The molecule has 2 aromatic carbocycles. The maximum Gasteiger partial charge on any atom is 0.305 e. The average molecular weight is 418 g/mol. The fraction of sp³-hybridized carbons (Fsp3) is 0.381. The Morgan fingerprint density at radius 1 is 1.14 bits per heavy atom. The molecule has 8 heteroatoms. The van der Waals surface area contributed by atoms with Crippen LogP contribution in [0.5, 0.6) is 0 Å². The van der Waals surface area contributed by atoms with Gasteiger partial charge in [-0.3, -0.25) is 4.79 Å². The Hall–Kier alpha value is -2.45. The summed E-state index contributed by atoms with van der Waals surface area (Å²) in [5.41, 5.74) is 2.19. The summed E-state index contributed by atoms with van der Waals surface area (Å²) in [5.74, 6) is -1.16. The second-order valence-corrected chi connectivity index (χ2v) is 9.37. The van der Waals surface area contributed by atoms with Crippen molar-refractivity contribution in [3.8, 4) is 0 Å². The van der Waals surface area contributed by atoms with E-state index in [1.807, 2.05) is 24.3 Å². The summed E-state index contributed by atoms with van der Waals surface area (Å²) < 4.78 is 41.3. The standard InChI is InChI=1S/C21H23FN2O4S/c22-14-5-8-16(9-6-14)29(27,28)23-15-7-10-20-18(13-15)17-3-1-2-4-19(17)24(20)12-11-21(25)26/h1-6,8-9,15,18,20,23H,7,10-13H2,(H,25,26).